The van der Waals surface area contributed by atoms with Gasteiger partial charge in [-0.05, 0) is 85.0 Å². The Morgan fingerprint density at radius 1 is 1.14 bits per heavy atom. The van der Waals surface area contributed by atoms with Crippen LogP contribution in [0.1, 0.15) is 62.5 Å². The molecule has 2 heteroatoms. The first-order valence-electron chi connectivity index (χ1n) is 8.59. The molecule has 0 unspecified atom stereocenters. The fraction of sp³-hybridized carbons (Fsp3) is 0.684. The van der Waals surface area contributed by atoms with E-state index in [1.807, 2.05) is 12.1 Å². The van der Waals surface area contributed by atoms with Gasteiger partial charge < -0.3 is 10.2 Å². The number of phenolic OH excluding ortho intramolecular Hbond substituents is 1. The minimum atomic E-state index is -0.0987. The topological polar surface area (TPSA) is 40.5 Å². The van der Waals surface area contributed by atoms with Gasteiger partial charge in [-0.3, -0.25) is 0 Å². The van der Waals surface area contributed by atoms with Gasteiger partial charge in [0.25, 0.3) is 0 Å². The molecule has 0 spiro atoms. The van der Waals surface area contributed by atoms with Crippen LogP contribution >= 0.6 is 0 Å². The van der Waals surface area contributed by atoms with Crippen molar-refractivity contribution in [3.8, 4) is 5.75 Å². The van der Waals surface area contributed by atoms with Gasteiger partial charge in [0, 0.05) is 0 Å². The summed E-state index contributed by atoms with van der Waals surface area (Å²) in [5, 5.41) is 20.3. The Bertz CT molecular complexity index is 552. The molecule has 2 fully saturated rings. The van der Waals surface area contributed by atoms with Crippen LogP contribution in [0.25, 0.3) is 0 Å². The van der Waals surface area contributed by atoms with Gasteiger partial charge in [-0.15, -0.1) is 0 Å². The van der Waals surface area contributed by atoms with Gasteiger partial charge >= 0.3 is 0 Å². The van der Waals surface area contributed by atoms with Crippen molar-refractivity contribution in [3.63, 3.8) is 0 Å². The number of fused-ring (bicyclic) bond motifs is 5. The molecule has 2 N–H and O–H groups in total. The number of aliphatic hydroxyl groups excluding tert-OH is 1. The summed E-state index contributed by atoms with van der Waals surface area (Å²) in [6.07, 6.45) is 8.05. The van der Waals surface area contributed by atoms with E-state index in [9.17, 15) is 10.2 Å². The largest absolute Gasteiger partial charge is 0.508 e. The number of aryl methyl sites for hydroxylation is 1. The number of aliphatic hydroxyl groups is 1. The van der Waals surface area contributed by atoms with E-state index in [1.54, 1.807) is 0 Å². The Hall–Kier alpha value is -1.02. The summed E-state index contributed by atoms with van der Waals surface area (Å²) in [6, 6.07) is 5.98. The molecule has 0 aliphatic heterocycles. The number of hydrogen-bond donors (Lipinski definition) is 2. The summed E-state index contributed by atoms with van der Waals surface area (Å²) in [6.45, 7) is 2.34. The molecule has 1 aromatic carbocycles. The zero-order valence-corrected chi connectivity index (χ0v) is 12.9. The molecule has 114 valence electrons. The van der Waals surface area contributed by atoms with Gasteiger partial charge in [-0.25, -0.2) is 0 Å². The molecule has 0 heterocycles. The molecule has 5 atom stereocenters. The zero-order valence-electron chi connectivity index (χ0n) is 12.9. The molecule has 3 aliphatic carbocycles. The van der Waals surface area contributed by atoms with Crippen LogP contribution in [-0.4, -0.2) is 16.3 Å². The average Bonchev–Trinajstić information content (AvgIpc) is 2.48. The molecule has 0 radical (unpaired) electrons. The van der Waals surface area contributed by atoms with Crippen molar-refractivity contribution in [3.05, 3.63) is 29.3 Å². The molecule has 2 saturated carbocycles. The number of rotatable bonds is 0. The van der Waals surface area contributed by atoms with Crippen molar-refractivity contribution in [2.24, 2.45) is 17.3 Å². The van der Waals surface area contributed by atoms with Crippen LogP contribution in [-0.2, 0) is 6.42 Å². The van der Waals surface area contributed by atoms with Crippen LogP contribution in [0.4, 0.5) is 0 Å². The second-order valence-corrected chi connectivity index (χ2v) is 7.79. The minimum Gasteiger partial charge on any atom is -0.508 e. The quantitative estimate of drug-likeness (QED) is 0.757. The molecule has 3 aliphatic rings. The molecule has 0 saturated heterocycles. The standard InChI is InChI=1S/C19H26O2/c1-19-10-9-15-14-8-6-13(20)11-12(14)5-7-16(15)17(19)3-2-4-18(19)21/h6,8,11,15-18,20-21H,2-5,7,9-10H2,1H3/t15-,16-,17+,18-,19+/m1/s1. The second kappa shape index (κ2) is 4.74. The van der Waals surface area contributed by atoms with E-state index in [4.69, 9.17) is 0 Å². The van der Waals surface area contributed by atoms with Crippen molar-refractivity contribution in [1.82, 2.24) is 0 Å². The maximum absolute atomic E-state index is 10.6. The molecule has 4 rings (SSSR count). The Morgan fingerprint density at radius 3 is 2.86 bits per heavy atom. The summed E-state index contributed by atoms with van der Waals surface area (Å²) < 4.78 is 0. The summed E-state index contributed by atoms with van der Waals surface area (Å²) in [5.41, 5.74) is 2.98. The third-order valence-corrected chi connectivity index (χ3v) is 6.90. The van der Waals surface area contributed by atoms with Gasteiger partial charge in [0.1, 0.15) is 5.75 Å². The maximum Gasteiger partial charge on any atom is 0.115 e. The van der Waals surface area contributed by atoms with Crippen LogP contribution in [0.2, 0.25) is 0 Å². The van der Waals surface area contributed by atoms with Gasteiger partial charge in [0.15, 0.2) is 0 Å². The van der Waals surface area contributed by atoms with Gasteiger partial charge in [0.05, 0.1) is 6.10 Å². The van der Waals surface area contributed by atoms with E-state index in [2.05, 4.69) is 13.0 Å². The SMILES string of the molecule is C[C@]12CC[C@@H]3c4ccc(O)cc4CC[C@H]3[C@@H]1CCC[C@H]2O. The minimum absolute atomic E-state index is 0.0987. The van der Waals surface area contributed by atoms with Crippen molar-refractivity contribution in [1.29, 1.82) is 0 Å². The molecular weight excluding hydrogens is 260 g/mol. The molecule has 2 nitrogen and oxygen atoms in total. The summed E-state index contributed by atoms with van der Waals surface area (Å²) >= 11 is 0. The highest BCUT2D eigenvalue weighted by atomic mass is 16.3. The smallest absolute Gasteiger partial charge is 0.115 e. The van der Waals surface area contributed by atoms with Gasteiger partial charge in [0.2, 0.25) is 0 Å². The van der Waals surface area contributed by atoms with Crippen molar-refractivity contribution in [2.75, 3.05) is 0 Å². The molecule has 0 amide bonds. The van der Waals surface area contributed by atoms with E-state index in [0.29, 0.717) is 17.6 Å². The van der Waals surface area contributed by atoms with Crippen molar-refractivity contribution in [2.45, 2.75) is 63.9 Å². The summed E-state index contributed by atoms with van der Waals surface area (Å²) in [7, 11) is 0. The molecular formula is C19H26O2. The summed E-state index contributed by atoms with van der Waals surface area (Å²) in [4.78, 5) is 0. The number of aromatic hydroxyl groups is 1. The predicted octanol–water partition coefficient (Wildman–Crippen LogP) is 4.00. The van der Waals surface area contributed by atoms with Gasteiger partial charge in [-0.1, -0.05) is 19.4 Å². The number of phenols is 1. The Kier molecular flexibility index (Phi) is 3.08. The molecule has 21 heavy (non-hydrogen) atoms. The highest BCUT2D eigenvalue weighted by Gasteiger charge is 2.52. The van der Waals surface area contributed by atoms with Crippen LogP contribution in [0.3, 0.4) is 0 Å². The predicted molar refractivity (Wildman–Crippen MR) is 83.3 cm³/mol. The normalized spacial score (nSPS) is 41.8. The Labute approximate surface area is 127 Å². The van der Waals surface area contributed by atoms with Crippen LogP contribution in [0.5, 0.6) is 5.75 Å². The number of benzene rings is 1. The van der Waals surface area contributed by atoms with E-state index < -0.39 is 0 Å². The maximum atomic E-state index is 10.6. The third-order valence-electron chi connectivity index (χ3n) is 6.90. The lowest BCUT2D eigenvalue weighted by Gasteiger charge is -2.56. The fourth-order valence-corrected chi connectivity index (χ4v) is 5.73. The molecule has 1 aromatic rings. The zero-order chi connectivity index (χ0) is 14.6. The summed E-state index contributed by atoms with van der Waals surface area (Å²) in [5.74, 6) is 2.47. The van der Waals surface area contributed by atoms with E-state index in [-0.39, 0.29) is 11.5 Å². The van der Waals surface area contributed by atoms with E-state index >= 15 is 0 Å². The fourth-order valence-electron chi connectivity index (χ4n) is 5.73. The van der Waals surface area contributed by atoms with E-state index in [0.717, 1.165) is 25.2 Å². The highest BCUT2D eigenvalue weighted by Crippen LogP contribution is 2.59. The first-order valence-corrected chi connectivity index (χ1v) is 8.59. The highest BCUT2D eigenvalue weighted by molar-refractivity contribution is 5.40. The van der Waals surface area contributed by atoms with Crippen LogP contribution in [0, 0.1) is 17.3 Å². The first kappa shape index (κ1) is 13.6. The van der Waals surface area contributed by atoms with Gasteiger partial charge in [-0.2, -0.15) is 0 Å². The Morgan fingerprint density at radius 2 is 2.00 bits per heavy atom. The number of hydrogen-bond acceptors (Lipinski definition) is 2. The van der Waals surface area contributed by atoms with Crippen LogP contribution < -0.4 is 0 Å². The Balaban J connectivity index is 1.70. The van der Waals surface area contributed by atoms with Crippen molar-refractivity contribution < 1.29 is 10.2 Å². The molecule has 0 aromatic heterocycles. The van der Waals surface area contributed by atoms with Crippen LogP contribution in [0.15, 0.2) is 18.2 Å². The lowest BCUT2D eigenvalue weighted by Crippen LogP contribution is -2.51. The van der Waals surface area contributed by atoms with E-state index in [1.165, 1.54) is 36.8 Å². The average molecular weight is 286 g/mol. The first-order chi connectivity index (χ1) is 10.1. The lowest BCUT2D eigenvalue weighted by molar-refractivity contribution is -0.0976. The lowest BCUT2D eigenvalue weighted by atomic mass is 9.50. The molecule has 0 bridgehead atoms. The monoisotopic (exact) mass is 286 g/mol. The second-order valence-electron chi connectivity index (χ2n) is 7.79. The van der Waals surface area contributed by atoms with Crippen molar-refractivity contribution >= 4 is 0 Å². The third kappa shape index (κ3) is 1.95.